The molecule has 1 amide bonds. The molecular formula is C13H20N4O2. The number of hydrogen-bond donors (Lipinski definition) is 2. The fraction of sp³-hybridized carbons (Fsp3) is 0.462. The second kappa shape index (κ2) is 5.90. The van der Waals surface area contributed by atoms with Crippen LogP contribution in [-0.2, 0) is 0 Å². The van der Waals surface area contributed by atoms with Crippen LogP contribution in [0.2, 0.25) is 0 Å². The number of nitrogens with two attached hydrogens (primary N) is 1. The number of amides is 1. The number of hydrazine groups is 1. The van der Waals surface area contributed by atoms with Gasteiger partial charge in [-0.3, -0.25) is 10.2 Å². The largest absolute Gasteiger partial charge is 0.495 e. The summed E-state index contributed by atoms with van der Waals surface area (Å²) < 4.78 is 5.11. The third-order valence-corrected chi connectivity index (χ3v) is 3.29. The Morgan fingerprint density at radius 2 is 2.00 bits per heavy atom. The van der Waals surface area contributed by atoms with Crippen molar-refractivity contribution in [3.05, 3.63) is 23.8 Å². The molecule has 0 unspecified atom stereocenters. The van der Waals surface area contributed by atoms with Crippen molar-refractivity contribution in [2.45, 2.75) is 0 Å². The van der Waals surface area contributed by atoms with Crippen LogP contribution in [0.3, 0.4) is 0 Å². The number of carbonyl (C=O) groups is 1. The number of nitrogen functional groups attached to an aromatic ring is 1. The summed E-state index contributed by atoms with van der Waals surface area (Å²) in [7, 11) is 3.60. The molecule has 1 aliphatic rings. The monoisotopic (exact) mass is 264 g/mol. The van der Waals surface area contributed by atoms with Gasteiger partial charge < -0.3 is 15.4 Å². The van der Waals surface area contributed by atoms with E-state index < -0.39 is 0 Å². The van der Waals surface area contributed by atoms with E-state index in [0.29, 0.717) is 17.0 Å². The zero-order valence-corrected chi connectivity index (χ0v) is 11.3. The van der Waals surface area contributed by atoms with Crippen molar-refractivity contribution in [2.24, 2.45) is 0 Å². The van der Waals surface area contributed by atoms with Gasteiger partial charge in [0.05, 0.1) is 18.4 Å². The average Bonchev–Trinajstić information content (AvgIpc) is 2.41. The molecule has 0 spiro atoms. The fourth-order valence-corrected chi connectivity index (χ4v) is 2.04. The van der Waals surface area contributed by atoms with Crippen LogP contribution in [0.5, 0.6) is 5.75 Å². The molecule has 0 radical (unpaired) electrons. The van der Waals surface area contributed by atoms with E-state index in [9.17, 15) is 4.79 Å². The molecule has 1 fully saturated rings. The van der Waals surface area contributed by atoms with E-state index in [-0.39, 0.29) is 5.91 Å². The van der Waals surface area contributed by atoms with Gasteiger partial charge in [-0.15, -0.1) is 0 Å². The van der Waals surface area contributed by atoms with E-state index >= 15 is 0 Å². The number of para-hydroxylation sites is 1. The second-order valence-electron chi connectivity index (χ2n) is 4.65. The maximum absolute atomic E-state index is 12.2. The normalized spacial score (nSPS) is 17.2. The predicted molar refractivity (Wildman–Crippen MR) is 73.9 cm³/mol. The van der Waals surface area contributed by atoms with Crippen molar-refractivity contribution in [1.82, 2.24) is 15.3 Å². The maximum atomic E-state index is 12.2. The minimum atomic E-state index is -0.194. The topological polar surface area (TPSA) is 70.8 Å². The number of methoxy groups -OCH3 is 1. The Balaban J connectivity index is 2.04. The summed E-state index contributed by atoms with van der Waals surface area (Å²) in [6, 6.07) is 5.19. The van der Waals surface area contributed by atoms with Crippen molar-refractivity contribution in [2.75, 3.05) is 46.1 Å². The Hall–Kier alpha value is -1.79. The van der Waals surface area contributed by atoms with Gasteiger partial charge >= 0.3 is 0 Å². The standard InChI is InChI=1S/C13H20N4O2/c1-16-6-8-17(9-7-16)15-13(18)10-4-3-5-11(19-2)12(10)14/h3-5H,6-9,14H2,1-2H3,(H,15,18). The first-order valence-corrected chi connectivity index (χ1v) is 6.28. The fourth-order valence-electron chi connectivity index (χ4n) is 2.04. The molecule has 104 valence electrons. The number of piperazine rings is 1. The number of anilines is 1. The zero-order chi connectivity index (χ0) is 13.8. The molecular weight excluding hydrogens is 244 g/mol. The molecule has 3 N–H and O–H groups in total. The van der Waals surface area contributed by atoms with Gasteiger partial charge in [0.15, 0.2) is 0 Å². The van der Waals surface area contributed by atoms with Gasteiger partial charge in [-0.1, -0.05) is 6.07 Å². The highest BCUT2D eigenvalue weighted by atomic mass is 16.5. The van der Waals surface area contributed by atoms with Gasteiger partial charge in [-0.05, 0) is 19.2 Å². The van der Waals surface area contributed by atoms with E-state index in [2.05, 4.69) is 17.4 Å². The minimum absolute atomic E-state index is 0.194. The van der Waals surface area contributed by atoms with Gasteiger partial charge in [-0.25, -0.2) is 5.01 Å². The van der Waals surface area contributed by atoms with E-state index in [0.717, 1.165) is 26.2 Å². The van der Waals surface area contributed by atoms with E-state index in [4.69, 9.17) is 10.5 Å². The number of carbonyl (C=O) groups excluding carboxylic acids is 1. The predicted octanol–water partition coefficient (Wildman–Crippen LogP) is 0.170. The quantitative estimate of drug-likeness (QED) is 0.762. The van der Waals surface area contributed by atoms with Crippen LogP contribution in [-0.4, -0.2) is 56.2 Å². The molecule has 0 aliphatic carbocycles. The summed E-state index contributed by atoms with van der Waals surface area (Å²) in [4.78, 5) is 14.4. The lowest BCUT2D eigenvalue weighted by Crippen LogP contribution is -2.52. The highest BCUT2D eigenvalue weighted by molar-refractivity contribution is 6.00. The van der Waals surface area contributed by atoms with Crippen molar-refractivity contribution < 1.29 is 9.53 Å². The van der Waals surface area contributed by atoms with Crippen molar-refractivity contribution in [3.63, 3.8) is 0 Å². The highest BCUT2D eigenvalue weighted by Gasteiger charge is 2.18. The number of rotatable bonds is 3. The Labute approximate surface area is 113 Å². The first-order chi connectivity index (χ1) is 9.11. The van der Waals surface area contributed by atoms with Gasteiger partial charge in [0.1, 0.15) is 5.75 Å². The van der Waals surface area contributed by atoms with Crippen LogP contribution < -0.4 is 15.9 Å². The number of hydrogen-bond acceptors (Lipinski definition) is 5. The van der Waals surface area contributed by atoms with Crippen LogP contribution in [0.4, 0.5) is 5.69 Å². The summed E-state index contributed by atoms with van der Waals surface area (Å²) in [5, 5.41) is 1.92. The van der Waals surface area contributed by atoms with Gasteiger partial charge in [-0.2, -0.15) is 0 Å². The number of benzene rings is 1. The molecule has 1 aromatic carbocycles. The molecule has 1 heterocycles. The Morgan fingerprint density at radius 3 is 2.63 bits per heavy atom. The summed E-state index contributed by atoms with van der Waals surface area (Å²) in [5.74, 6) is 0.326. The SMILES string of the molecule is COc1cccc(C(=O)NN2CCN(C)CC2)c1N. The van der Waals surface area contributed by atoms with Gasteiger partial charge in [0.25, 0.3) is 5.91 Å². The van der Waals surface area contributed by atoms with E-state index in [1.165, 1.54) is 7.11 Å². The lowest BCUT2D eigenvalue weighted by Gasteiger charge is -2.32. The number of nitrogens with zero attached hydrogens (tertiary/aromatic N) is 2. The van der Waals surface area contributed by atoms with E-state index in [1.54, 1.807) is 18.2 Å². The van der Waals surface area contributed by atoms with Crippen molar-refractivity contribution in [1.29, 1.82) is 0 Å². The second-order valence-corrected chi connectivity index (χ2v) is 4.65. The summed E-state index contributed by atoms with van der Waals surface area (Å²) >= 11 is 0. The van der Waals surface area contributed by atoms with Gasteiger partial charge in [0, 0.05) is 26.2 Å². The first kappa shape index (κ1) is 13.6. The molecule has 0 bridgehead atoms. The molecule has 0 aromatic heterocycles. The summed E-state index contributed by atoms with van der Waals surface area (Å²) in [6.45, 7) is 3.50. The van der Waals surface area contributed by atoms with Crippen molar-refractivity contribution >= 4 is 11.6 Å². The van der Waals surface area contributed by atoms with Gasteiger partial charge in [0.2, 0.25) is 0 Å². The Bertz CT molecular complexity index is 456. The summed E-state index contributed by atoms with van der Waals surface area (Å²) in [6.07, 6.45) is 0. The van der Waals surface area contributed by atoms with Crippen LogP contribution >= 0.6 is 0 Å². The molecule has 6 nitrogen and oxygen atoms in total. The lowest BCUT2D eigenvalue weighted by atomic mass is 10.1. The molecule has 19 heavy (non-hydrogen) atoms. The maximum Gasteiger partial charge on any atom is 0.267 e. The van der Waals surface area contributed by atoms with Crippen LogP contribution in [0.25, 0.3) is 0 Å². The number of nitrogens with one attached hydrogen (secondary N) is 1. The van der Waals surface area contributed by atoms with Crippen LogP contribution in [0.1, 0.15) is 10.4 Å². The Kier molecular flexibility index (Phi) is 4.24. The summed E-state index contributed by atoms with van der Waals surface area (Å²) in [5.41, 5.74) is 9.60. The van der Waals surface area contributed by atoms with Crippen LogP contribution in [0, 0.1) is 0 Å². The molecule has 6 heteroatoms. The third-order valence-electron chi connectivity index (χ3n) is 3.29. The molecule has 0 atom stereocenters. The molecule has 1 aliphatic heterocycles. The minimum Gasteiger partial charge on any atom is -0.495 e. The number of ether oxygens (including phenoxy) is 1. The molecule has 2 rings (SSSR count). The Morgan fingerprint density at radius 1 is 1.32 bits per heavy atom. The van der Waals surface area contributed by atoms with Crippen molar-refractivity contribution in [3.8, 4) is 5.75 Å². The third kappa shape index (κ3) is 3.15. The first-order valence-electron chi connectivity index (χ1n) is 6.28. The smallest absolute Gasteiger partial charge is 0.267 e. The lowest BCUT2D eigenvalue weighted by molar-refractivity contribution is 0.0663. The molecule has 0 saturated carbocycles. The van der Waals surface area contributed by atoms with Crippen LogP contribution in [0.15, 0.2) is 18.2 Å². The highest BCUT2D eigenvalue weighted by Crippen LogP contribution is 2.24. The zero-order valence-electron chi connectivity index (χ0n) is 11.3. The molecule has 1 aromatic rings. The number of likely N-dealkylation sites (N-methyl/N-ethyl adjacent to an activating group) is 1. The van der Waals surface area contributed by atoms with E-state index in [1.807, 2.05) is 5.01 Å². The molecule has 1 saturated heterocycles. The average molecular weight is 264 g/mol.